The summed E-state index contributed by atoms with van der Waals surface area (Å²) in [6, 6.07) is 4.54. The van der Waals surface area contributed by atoms with E-state index < -0.39 is 23.7 Å². The number of hydrogen-bond donors (Lipinski definition) is 2. The number of rotatable bonds is 5. The van der Waals surface area contributed by atoms with Gasteiger partial charge in [-0.05, 0) is 30.5 Å². The van der Waals surface area contributed by atoms with E-state index in [0.717, 1.165) is 12.8 Å². The van der Waals surface area contributed by atoms with Crippen molar-refractivity contribution in [3.05, 3.63) is 35.6 Å². The average molecular weight is 331 g/mol. The fraction of sp³-hybridized carbons (Fsp3) is 0.467. The molecule has 1 aliphatic heterocycles. The van der Waals surface area contributed by atoms with Crippen LogP contribution in [0.1, 0.15) is 30.7 Å². The van der Waals surface area contributed by atoms with Crippen LogP contribution in [-0.4, -0.2) is 41.0 Å². The molecule has 5 nitrogen and oxygen atoms in total. The van der Waals surface area contributed by atoms with Crippen LogP contribution < -0.4 is 5.73 Å². The van der Waals surface area contributed by atoms with Crippen LogP contribution in [0, 0.1) is 5.82 Å². The topological polar surface area (TPSA) is 83.6 Å². The number of likely N-dealkylation sites (tertiary alicyclic amines) is 1. The van der Waals surface area contributed by atoms with Crippen molar-refractivity contribution in [2.24, 2.45) is 5.73 Å². The van der Waals surface area contributed by atoms with Crippen molar-refractivity contribution in [3.8, 4) is 0 Å². The lowest BCUT2D eigenvalue weighted by molar-refractivity contribution is -0.138. The zero-order chi connectivity index (χ0) is 15.4. The molecule has 0 aromatic heterocycles. The largest absolute Gasteiger partial charge is 0.481 e. The Morgan fingerprint density at radius 3 is 2.27 bits per heavy atom. The second-order valence-corrected chi connectivity index (χ2v) is 5.31. The molecule has 0 unspecified atom stereocenters. The molecule has 0 saturated carbocycles. The normalized spacial score (nSPS) is 16.7. The molecule has 1 aromatic carbocycles. The zero-order valence-corrected chi connectivity index (χ0v) is 12.9. The van der Waals surface area contributed by atoms with Gasteiger partial charge in [0.15, 0.2) is 0 Å². The summed E-state index contributed by atoms with van der Waals surface area (Å²) in [7, 11) is 0. The van der Waals surface area contributed by atoms with E-state index in [0.29, 0.717) is 18.7 Å². The minimum atomic E-state index is -1.03. The molecular formula is C15H20ClFN2O3. The second-order valence-electron chi connectivity index (χ2n) is 5.31. The third-order valence-corrected chi connectivity index (χ3v) is 3.83. The molecule has 3 N–H and O–H groups in total. The Morgan fingerprint density at radius 2 is 1.77 bits per heavy atom. The molecule has 122 valence electrons. The molecule has 0 radical (unpaired) electrons. The van der Waals surface area contributed by atoms with Gasteiger partial charge in [0, 0.05) is 19.0 Å². The number of amides is 1. The molecule has 1 aliphatic rings. The van der Waals surface area contributed by atoms with Gasteiger partial charge < -0.3 is 15.7 Å². The highest BCUT2D eigenvalue weighted by Gasteiger charge is 2.32. The molecule has 0 aliphatic carbocycles. The van der Waals surface area contributed by atoms with Gasteiger partial charge in [0.25, 0.3) is 0 Å². The predicted octanol–water partition coefficient (Wildman–Crippen LogP) is 1.76. The van der Waals surface area contributed by atoms with E-state index >= 15 is 0 Å². The van der Waals surface area contributed by atoms with Crippen LogP contribution in [0.3, 0.4) is 0 Å². The summed E-state index contributed by atoms with van der Waals surface area (Å²) < 4.78 is 13.0. The first kappa shape index (κ1) is 18.4. The first-order chi connectivity index (χ1) is 9.99. The van der Waals surface area contributed by atoms with Gasteiger partial charge in [0.1, 0.15) is 5.82 Å². The molecule has 2 rings (SSSR count). The lowest BCUT2D eigenvalue weighted by Gasteiger charge is -2.26. The minimum absolute atomic E-state index is 0. The van der Waals surface area contributed by atoms with E-state index in [1.165, 1.54) is 24.3 Å². The monoisotopic (exact) mass is 330 g/mol. The number of carboxylic acids is 1. The van der Waals surface area contributed by atoms with Crippen LogP contribution in [0.4, 0.5) is 4.39 Å². The Labute approximate surface area is 134 Å². The molecule has 0 bridgehead atoms. The smallest absolute Gasteiger partial charge is 0.304 e. The van der Waals surface area contributed by atoms with Gasteiger partial charge in [-0.2, -0.15) is 0 Å². The third kappa shape index (κ3) is 4.42. The van der Waals surface area contributed by atoms with Crippen molar-refractivity contribution in [1.29, 1.82) is 0 Å². The van der Waals surface area contributed by atoms with Gasteiger partial charge in [-0.25, -0.2) is 4.39 Å². The molecule has 7 heteroatoms. The summed E-state index contributed by atoms with van der Waals surface area (Å²) >= 11 is 0. The molecular weight excluding hydrogens is 311 g/mol. The number of carbonyl (C=O) groups excluding carboxylic acids is 1. The fourth-order valence-corrected chi connectivity index (χ4v) is 2.67. The summed E-state index contributed by atoms with van der Waals surface area (Å²) in [4.78, 5) is 25.1. The third-order valence-electron chi connectivity index (χ3n) is 3.83. The van der Waals surface area contributed by atoms with E-state index in [-0.39, 0.29) is 24.7 Å². The van der Waals surface area contributed by atoms with Gasteiger partial charge in [-0.3, -0.25) is 9.59 Å². The van der Waals surface area contributed by atoms with Crippen molar-refractivity contribution >= 4 is 24.3 Å². The van der Waals surface area contributed by atoms with Crippen molar-refractivity contribution in [3.63, 3.8) is 0 Å². The highest BCUT2D eigenvalue weighted by molar-refractivity contribution is 5.85. The number of hydrogen-bond acceptors (Lipinski definition) is 3. The Balaban J connectivity index is 0.00000242. The van der Waals surface area contributed by atoms with Gasteiger partial charge in [0.2, 0.25) is 5.91 Å². The van der Waals surface area contributed by atoms with E-state index in [2.05, 4.69) is 0 Å². The summed E-state index contributed by atoms with van der Waals surface area (Å²) in [5.74, 6) is -2.33. The highest BCUT2D eigenvalue weighted by Crippen LogP contribution is 2.25. The van der Waals surface area contributed by atoms with Crippen molar-refractivity contribution in [2.45, 2.75) is 31.2 Å². The SMILES string of the molecule is Cl.N[C@@H](C(=O)N1CCCC1)[C@@H](CC(=O)O)c1ccc(F)cc1. The number of nitrogens with two attached hydrogens (primary N) is 1. The maximum absolute atomic E-state index is 13.0. The van der Waals surface area contributed by atoms with Crippen LogP contribution in [0.2, 0.25) is 0 Å². The molecule has 1 fully saturated rings. The molecule has 1 amide bonds. The Kier molecular flexibility index (Phi) is 6.77. The van der Waals surface area contributed by atoms with E-state index in [1.807, 2.05) is 0 Å². The van der Waals surface area contributed by atoms with Gasteiger partial charge in [-0.15, -0.1) is 12.4 Å². The van der Waals surface area contributed by atoms with Crippen LogP contribution >= 0.6 is 12.4 Å². The summed E-state index contributed by atoms with van der Waals surface area (Å²) in [6.45, 7) is 1.32. The van der Waals surface area contributed by atoms with Crippen LogP contribution in [0.15, 0.2) is 24.3 Å². The number of nitrogens with zero attached hydrogens (tertiary/aromatic N) is 1. The Morgan fingerprint density at radius 1 is 1.23 bits per heavy atom. The molecule has 22 heavy (non-hydrogen) atoms. The highest BCUT2D eigenvalue weighted by atomic mass is 35.5. The van der Waals surface area contributed by atoms with Crippen molar-refractivity contribution < 1.29 is 19.1 Å². The van der Waals surface area contributed by atoms with Crippen molar-refractivity contribution in [1.82, 2.24) is 4.90 Å². The molecule has 2 atom stereocenters. The second kappa shape index (κ2) is 8.10. The van der Waals surface area contributed by atoms with E-state index in [1.54, 1.807) is 4.90 Å². The first-order valence-electron chi connectivity index (χ1n) is 7.00. The maximum Gasteiger partial charge on any atom is 0.304 e. The van der Waals surface area contributed by atoms with Crippen LogP contribution in [0.5, 0.6) is 0 Å². The molecule has 0 spiro atoms. The molecule has 1 heterocycles. The van der Waals surface area contributed by atoms with Gasteiger partial charge in [0.05, 0.1) is 12.5 Å². The number of carbonyl (C=O) groups is 2. The number of benzene rings is 1. The molecule has 1 aromatic rings. The van der Waals surface area contributed by atoms with E-state index in [4.69, 9.17) is 10.8 Å². The number of halogens is 2. The summed E-state index contributed by atoms with van der Waals surface area (Å²) in [5.41, 5.74) is 6.58. The summed E-state index contributed by atoms with van der Waals surface area (Å²) in [5, 5.41) is 9.04. The summed E-state index contributed by atoms with van der Waals surface area (Å²) in [6.07, 6.45) is 1.63. The Bertz CT molecular complexity index is 518. The van der Waals surface area contributed by atoms with Gasteiger partial charge >= 0.3 is 5.97 Å². The fourth-order valence-electron chi connectivity index (χ4n) is 2.67. The number of carboxylic acid groups (broad SMARTS) is 1. The minimum Gasteiger partial charge on any atom is -0.481 e. The predicted molar refractivity (Wildman–Crippen MR) is 82.4 cm³/mol. The zero-order valence-electron chi connectivity index (χ0n) is 12.1. The lowest BCUT2D eigenvalue weighted by atomic mass is 9.88. The standard InChI is InChI=1S/C15H19FN2O3.ClH/c16-11-5-3-10(4-6-11)12(9-13(19)20)14(17)15(21)18-7-1-2-8-18;/h3-6,12,14H,1-2,7-9,17H2,(H,19,20);1H/t12-,14+;/m0./s1. The van der Waals surface area contributed by atoms with Crippen LogP contribution in [-0.2, 0) is 9.59 Å². The van der Waals surface area contributed by atoms with Gasteiger partial charge in [-0.1, -0.05) is 12.1 Å². The lowest BCUT2D eigenvalue weighted by Crippen LogP contribution is -2.46. The first-order valence-corrected chi connectivity index (χ1v) is 7.00. The van der Waals surface area contributed by atoms with Crippen molar-refractivity contribution in [2.75, 3.05) is 13.1 Å². The Hall–Kier alpha value is -1.66. The van der Waals surface area contributed by atoms with E-state index in [9.17, 15) is 14.0 Å². The molecule has 1 saturated heterocycles. The average Bonchev–Trinajstić information content (AvgIpc) is 2.98. The number of aliphatic carboxylic acids is 1. The quantitative estimate of drug-likeness (QED) is 0.861. The van der Waals surface area contributed by atoms with Crippen LogP contribution in [0.25, 0.3) is 0 Å². The maximum atomic E-state index is 13.0.